The molecule has 2 atom stereocenters. The Morgan fingerprint density at radius 3 is 2.77 bits per heavy atom. The van der Waals surface area contributed by atoms with Gasteiger partial charge >= 0.3 is 0 Å². The van der Waals surface area contributed by atoms with Crippen molar-refractivity contribution in [1.29, 1.82) is 0 Å². The van der Waals surface area contributed by atoms with Crippen molar-refractivity contribution in [2.24, 2.45) is 16.5 Å². The van der Waals surface area contributed by atoms with Gasteiger partial charge in [0.15, 0.2) is 11.8 Å². The number of benzene rings is 1. The van der Waals surface area contributed by atoms with Crippen LogP contribution in [0.3, 0.4) is 0 Å². The van der Waals surface area contributed by atoms with Crippen LogP contribution in [0.15, 0.2) is 47.6 Å². The topological polar surface area (TPSA) is 124 Å². The third-order valence-corrected chi connectivity index (χ3v) is 5.38. The van der Waals surface area contributed by atoms with Gasteiger partial charge in [-0.15, -0.1) is 0 Å². The number of rotatable bonds is 6. The Labute approximate surface area is 181 Å². The minimum absolute atomic E-state index is 0.0156. The molecule has 0 amide bonds. The molecule has 1 aliphatic carbocycles. The minimum atomic E-state index is 0.0156. The summed E-state index contributed by atoms with van der Waals surface area (Å²) in [4.78, 5) is 18.3. The lowest BCUT2D eigenvalue weighted by Gasteiger charge is -2.30. The zero-order valence-corrected chi connectivity index (χ0v) is 17.5. The molecule has 1 saturated carbocycles. The first-order valence-electron chi connectivity index (χ1n) is 10.4. The lowest BCUT2D eigenvalue weighted by molar-refractivity contribution is 0.405. The van der Waals surface area contributed by atoms with Gasteiger partial charge in [0, 0.05) is 11.6 Å². The van der Waals surface area contributed by atoms with E-state index in [0.717, 1.165) is 53.8 Å². The number of fused-ring (bicyclic) bond motifs is 1. The first kappa shape index (κ1) is 20.6. The molecule has 5 N–H and O–H groups in total. The summed E-state index contributed by atoms with van der Waals surface area (Å²) in [5.74, 6) is 2.21. The standard InChI is InChI=1S/C23H27N7O/c1-31-16-10-11-18-17(14-16)22(28-19-7-2-3-8-20(19)29-23(24)25)30-21(27-18)12-9-15-6-4-5-13-26-15/h4-6,9-14,19-20H,2-3,7-8H2,1H3,(H4,24,25,29)(H,27,28,30). The summed E-state index contributed by atoms with van der Waals surface area (Å²) in [5, 5.41) is 4.49. The van der Waals surface area contributed by atoms with Gasteiger partial charge in [-0.3, -0.25) is 4.98 Å². The SMILES string of the molecule is COc1ccc2nc(C=Cc3ccccn3)nc(NC3CCCCC3N=C(N)N)c2c1. The number of hydrogen-bond acceptors (Lipinski definition) is 6. The average molecular weight is 418 g/mol. The Bertz CT molecular complexity index is 1090. The van der Waals surface area contributed by atoms with Gasteiger partial charge in [0.05, 0.1) is 30.4 Å². The number of ether oxygens (including phenoxy) is 1. The number of nitrogens with zero attached hydrogens (tertiary/aromatic N) is 4. The number of guanidine groups is 1. The molecule has 0 aliphatic heterocycles. The third-order valence-electron chi connectivity index (χ3n) is 5.38. The van der Waals surface area contributed by atoms with Crippen LogP contribution in [0.25, 0.3) is 23.1 Å². The summed E-state index contributed by atoms with van der Waals surface area (Å²) in [6.07, 6.45) is 9.66. The number of hydrogen-bond donors (Lipinski definition) is 3. The van der Waals surface area contributed by atoms with Crippen molar-refractivity contribution in [3.63, 3.8) is 0 Å². The van der Waals surface area contributed by atoms with Gasteiger partial charge in [-0.25, -0.2) is 15.0 Å². The molecule has 2 aromatic heterocycles. The largest absolute Gasteiger partial charge is 0.497 e. The second-order valence-corrected chi connectivity index (χ2v) is 7.56. The molecule has 1 aromatic carbocycles. The Morgan fingerprint density at radius 1 is 1.13 bits per heavy atom. The maximum Gasteiger partial charge on any atom is 0.186 e. The van der Waals surface area contributed by atoms with Crippen LogP contribution in [-0.2, 0) is 0 Å². The second-order valence-electron chi connectivity index (χ2n) is 7.56. The number of pyridine rings is 1. The summed E-state index contributed by atoms with van der Waals surface area (Å²) in [5.41, 5.74) is 13.0. The third kappa shape index (κ3) is 5.09. The van der Waals surface area contributed by atoms with E-state index in [9.17, 15) is 0 Å². The summed E-state index contributed by atoms with van der Waals surface area (Å²) >= 11 is 0. The molecule has 1 aliphatic rings. The fourth-order valence-electron chi connectivity index (χ4n) is 3.87. The molecule has 31 heavy (non-hydrogen) atoms. The number of methoxy groups -OCH3 is 1. The summed E-state index contributed by atoms with van der Waals surface area (Å²) in [6, 6.07) is 11.7. The van der Waals surface area contributed by atoms with E-state index in [1.807, 2.05) is 48.6 Å². The maximum absolute atomic E-state index is 5.67. The van der Waals surface area contributed by atoms with Gasteiger partial charge in [-0.2, -0.15) is 0 Å². The first-order chi connectivity index (χ1) is 15.1. The van der Waals surface area contributed by atoms with Crippen molar-refractivity contribution >= 4 is 34.8 Å². The normalized spacial score (nSPS) is 18.7. The van der Waals surface area contributed by atoms with E-state index in [1.165, 1.54) is 0 Å². The predicted octanol–water partition coefficient (Wildman–Crippen LogP) is 3.20. The van der Waals surface area contributed by atoms with Crippen molar-refractivity contribution in [3.05, 3.63) is 54.1 Å². The minimum Gasteiger partial charge on any atom is -0.497 e. The number of aromatic nitrogens is 3. The smallest absolute Gasteiger partial charge is 0.186 e. The van der Waals surface area contributed by atoms with E-state index in [4.69, 9.17) is 26.2 Å². The maximum atomic E-state index is 5.67. The van der Waals surface area contributed by atoms with E-state index in [1.54, 1.807) is 13.3 Å². The molecule has 0 radical (unpaired) electrons. The Hall–Kier alpha value is -3.68. The highest BCUT2D eigenvalue weighted by molar-refractivity contribution is 5.91. The second kappa shape index (κ2) is 9.42. The van der Waals surface area contributed by atoms with Gasteiger partial charge in [-0.05, 0) is 55.3 Å². The fraction of sp³-hybridized carbons (Fsp3) is 0.304. The summed E-state index contributed by atoms with van der Waals surface area (Å²) < 4.78 is 5.42. The molecule has 8 nitrogen and oxygen atoms in total. The lowest BCUT2D eigenvalue weighted by Crippen LogP contribution is -2.38. The van der Waals surface area contributed by atoms with Crippen LogP contribution in [0.4, 0.5) is 5.82 Å². The van der Waals surface area contributed by atoms with Crippen molar-refractivity contribution in [2.45, 2.75) is 37.8 Å². The highest BCUT2D eigenvalue weighted by Crippen LogP contribution is 2.29. The zero-order valence-electron chi connectivity index (χ0n) is 17.5. The highest BCUT2D eigenvalue weighted by Gasteiger charge is 2.26. The molecule has 8 heteroatoms. The molecule has 0 spiro atoms. The van der Waals surface area contributed by atoms with Gasteiger partial charge in [0.25, 0.3) is 0 Å². The molecule has 2 heterocycles. The van der Waals surface area contributed by atoms with Crippen LogP contribution in [0.5, 0.6) is 5.75 Å². The lowest BCUT2D eigenvalue weighted by atomic mass is 9.90. The quantitative estimate of drug-likeness (QED) is 0.415. The summed E-state index contributed by atoms with van der Waals surface area (Å²) in [6.45, 7) is 0. The van der Waals surface area contributed by atoms with Gasteiger partial charge in [0.1, 0.15) is 11.6 Å². The Balaban J connectivity index is 1.72. The van der Waals surface area contributed by atoms with Gasteiger partial charge < -0.3 is 21.5 Å². The predicted molar refractivity (Wildman–Crippen MR) is 125 cm³/mol. The van der Waals surface area contributed by atoms with Crippen molar-refractivity contribution < 1.29 is 4.74 Å². The van der Waals surface area contributed by atoms with E-state index >= 15 is 0 Å². The van der Waals surface area contributed by atoms with Crippen LogP contribution in [0.2, 0.25) is 0 Å². The van der Waals surface area contributed by atoms with Crippen LogP contribution < -0.4 is 21.5 Å². The van der Waals surface area contributed by atoms with Crippen molar-refractivity contribution in [2.75, 3.05) is 12.4 Å². The number of nitrogens with one attached hydrogen (secondary N) is 1. The molecule has 0 bridgehead atoms. The van der Waals surface area contributed by atoms with E-state index < -0.39 is 0 Å². The number of anilines is 1. The van der Waals surface area contributed by atoms with Crippen LogP contribution >= 0.6 is 0 Å². The van der Waals surface area contributed by atoms with E-state index in [2.05, 4.69) is 15.3 Å². The Morgan fingerprint density at radius 2 is 2.00 bits per heavy atom. The number of aliphatic imine (C=N–C) groups is 1. The molecule has 0 saturated heterocycles. The molecule has 4 rings (SSSR count). The molecular formula is C23H27N7O. The van der Waals surface area contributed by atoms with E-state index in [0.29, 0.717) is 5.82 Å². The summed E-state index contributed by atoms with van der Waals surface area (Å²) in [7, 11) is 1.65. The molecule has 160 valence electrons. The molecular weight excluding hydrogens is 390 g/mol. The van der Waals surface area contributed by atoms with Crippen molar-refractivity contribution in [3.8, 4) is 5.75 Å². The van der Waals surface area contributed by atoms with Crippen molar-refractivity contribution in [1.82, 2.24) is 15.0 Å². The molecule has 2 unspecified atom stereocenters. The highest BCUT2D eigenvalue weighted by atomic mass is 16.5. The fourth-order valence-corrected chi connectivity index (χ4v) is 3.87. The van der Waals surface area contributed by atoms with Crippen LogP contribution in [0.1, 0.15) is 37.2 Å². The molecule has 1 fully saturated rings. The molecule has 3 aromatic rings. The number of nitrogens with two attached hydrogens (primary N) is 2. The van der Waals surface area contributed by atoms with E-state index in [-0.39, 0.29) is 18.0 Å². The Kier molecular flexibility index (Phi) is 6.26. The van der Waals surface area contributed by atoms with Gasteiger partial charge in [0.2, 0.25) is 0 Å². The zero-order chi connectivity index (χ0) is 21.6. The van der Waals surface area contributed by atoms with Crippen LogP contribution in [0, 0.1) is 0 Å². The monoisotopic (exact) mass is 417 g/mol. The first-order valence-corrected chi connectivity index (χ1v) is 10.4. The average Bonchev–Trinajstić information content (AvgIpc) is 2.79. The van der Waals surface area contributed by atoms with Gasteiger partial charge in [-0.1, -0.05) is 18.9 Å². The van der Waals surface area contributed by atoms with Crippen LogP contribution in [-0.4, -0.2) is 40.1 Å².